The molecular weight excluding hydrogens is 312 g/mol. The van der Waals surface area contributed by atoms with Crippen LogP contribution < -0.4 is 0 Å². The Morgan fingerprint density at radius 1 is 0.720 bits per heavy atom. The van der Waals surface area contributed by atoms with Gasteiger partial charge >= 0.3 is 5.97 Å². The van der Waals surface area contributed by atoms with Crippen LogP contribution in [-0.2, 0) is 9.53 Å². The number of cyclic esters (lactones) is 1. The molecule has 3 aromatic rings. The molecule has 1 aliphatic rings. The van der Waals surface area contributed by atoms with Gasteiger partial charge in [-0.3, -0.25) is 4.79 Å². The van der Waals surface area contributed by atoms with Gasteiger partial charge in [-0.05, 0) is 35.4 Å². The Balaban J connectivity index is 1.93. The van der Waals surface area contributed by atoms with Crippen LogP contribution in [0, 0.1) is 0 Å². The van der Waals surface area contributed by atoms with Gasteiger partial charge in [-0.2, -0.15) is 0 Å². The van der Waals surface area contributed by atoms with Crippen molar-refractivity contribution in [3.8, 4) is 5.75 Å². The smallest absolute Gasteiger partial charge is 0.323 e. The summed E-state index contributed by atoms with van der Waals surface area (Å²) >= 11 is 0. The zero-order chi connectivity index (χ0) is 17.2. The van der Waals surface area contributed by atoms with Gasteiger partial charge in [-0.15, -0.1) is 0 Å². The summed E-state index contributed by atoms with van der Waals surface area (Å²) in [6.45, 7) is 0. The minimum absolute atomic E-state index is 0.176. The monoisotopic (exact) mass is 328 g/mol. The minimum atomic E-state index is -0.465. The largest absolute Gasteiger partial charge is 0.508 e. The third-order valence-electron chi connectivity index (χ3n) is 4.32. The normalized spacial score (nSPS) is 16.8. The van der Waals surface area contributed by atoms with Gasteiger partial charge in [0, 0.05) is 11.1 Å². The van der Waals surface area contributed by atoms with Gasteiger partial charge in [-0.1, -0.05) is 60.7 Å². The van der Waals surface area contributed by atoms with Crippen LogP contribution in [-0.4, -0.2) is 11.1 Å². The SMILES string of the molecule is O=C1OC(c2ccc(O)cc2)=C(c2ccccc2)[C@@H]1c1ccccc1. The lowest BCUT2D eigenvalue weighted by Crippen LogP contribution is -2.09. The summed E-state index contributed by atoms with van der Waals surface area (Å²) in [7, 11) is 0. The number of rotatable bonds is 3. The van der Waals surface area contributed by atoms with Crippen LogP contribution in [0.15, 0.2) is 84.9 Å². The molecule has 25 heavy (non-hydrogen) atoms. The Morgan fingerprint density at radius 3 is 1.96 bits per heavy atom. The minimum Gasteiger partial charge on any atom is -0.508 e. The van der Waals surface area contributed by atoms with Crippen molar-refractivity contribution >= 4 is 17.3 Å². The first kappa shape index (κ1) is 15.2. The number of phenolic OH excluding ortho intramolecular Hbond substituents is 1. The third kappa shape index (κ3) is 2.81. The van der Waals surface area contributed by atoms with Gasteiger partial charge in [0.05, 0.1) is 0 Å². The molecule has 3 heteroatoms. The summed E-state index contributed by atoms with van der Waals surface area (Å²) in [5.74, 6) is -0.0277. The zero-order valence-electron chi connectivity index (χ0n) is 13.4. The zero-order valence-corrected chi connectivity index (χ0v) is 13.4. The molecule has 3 nitrogen and oxygen atoms in total. The molecule has 1 heterocycles. The Hall–Kier alpha value is -3.33. The van der Waals surface area contributed by atoms with E-state index in [1.54, 1.807) is 24.3 Å². The van der Waals surface area contributed by atoms with Gasteiger partial charge in [-0.25, -0.2) is 0 Å². The van der Waals surface area contributed by atoms with E-state index in [0.717, 1.165) is 22.3 Å². The van der Waals surface area contributed by atoms with Gasteiger partial charge in [0.1, 0.15) is 17.4 Å². The maximum absolute atomic E-state index is 12.7. The van der Waals surface area contributed by atoms with Gasteiger partial charge in [0.2, 0.25) is 0 Å². The average molecular weight is 328 g/mol. The lowest BCUT2D eigenvalue weighted by molar-refractivity contribution is -0.135. The van der Waals surface area contributed by atoms with E-state index < -0.39 is 5.92 Å². The fourth-order valence-electron chi connectivity index (χ4n) is 3.15. The van der Waals surface area contributed by atoms with Crippen LogP contribution in [0.4, 0.5) is 0 Å². The van der Waals surface area contributed by atoms with Crippen molar-refractivity contribution < 1.29 is 14.6 Å². The predicted molar refractivity (Wildman–Crippen MR) is 96.6 cm³/mol. The Morgan fingerprint density at radius 2 is 1.32 bits per heavy atom. The highest BCUT2D eigenvalue weighted by atomic mass is 16.5. The maximum atomic E-state index is 12.7. The summed E-state index contributed by atoms with van der Waals surface area (Å²) in [6, 6.07) is 26.1. The molecule has 1 aliphatic heterocycles. The number of esters is 1. The fourth-order valence-corrected chi connectivity index (χ4v) is 3.15. The molecule has 4 rings (SSSR count). The Bertz CT molecular complexity index is 926. The van der Waals surface area contributed by atoms with E-state index in [4.69, 9.17) is 4.74 Å². The highest BCUT2D eigenvalue weighted by molar-refractivity contribution is 6.09. The standard InChI is InChI=1S/C22H16O3/c23-18-13-11-17(12-14-18)21-19(15-7-3-1-4-8-15)20(22(24)25-21)16-9-5-2-6-10-16/h1-14,20,23H/t20-/m0/s1. The highest BCUT2D eigenvalue weighted by Gasteiger charge is 2.38. The molecule has 0 radical (unpaired) electrons. The predicted octanol–water partition coefficient (Wildman–Crippen LogP) is 4.60. The summed E-state index contributed by atoms with van der Waals surface area (Å²) in [4.78, 5) is 12.7. The van der Waals surface area contributed by atoms with Crippen LogP contribution in [0.1, 0.15) is 22.6 Å². The van der Waals surface area contributed by atoms with Gasteiger partial charge < -0.3 is 9.84 Å². The molecule has 1 N–H and O–H groups in total. The highest BCUT2D eigenvalue weighted by Crippen LogP contribution is 2.45. The molecular formula is C22H16O3. The van der Waals surface area contributed by atoms with Crippen molar-refractivity contribution in [1.82, 2.24) is 0 Å². The second-order valence-corrected chi connectivity index (χ2v) is 5.92. The summed E-state index contributed by atoms with van der Waals surface area (Å²) in [5, 5.41) is 9.54. The number of phenols is 1. The molecule has 0 unspecified atom stereocenters. The molecule has 0 saturated carbocycles. The van der Waals surface area contributed by atoms with Crippen molar-refractivity contribution in [2.75, 3.05) is 0 Å². The van der Waals surface area contributed by atoms with Crippen molar-refractivity contribution in [1.29, 1.82) is 0 Å². The molecule has 0 spiro atoms. The van der Waals surface area contributed by atoms with E-state index in [1.807, 2.05) is 60.7 Å². The van der Waals surface area contributed by atoms with Gasteiger partial charge in [0.25, 0.3) is 0 Å². The third-order valence-corrected chi connectivity index (χ3v) is 4.32. The molecule has 0 fully saturated rings. The number of hydrogen-bond donors (Lipinski definition) is 1. The maximum Gasteiger partial charge on any atom is 0.323 e. The topological polar surface area (TPSA) is 46.5 Å². The van der Waals surface area contributed by atoms with E-state index in [0.29, 0.717) is 5.76 Å². The average Bonchev–Trinajstić information content (AvgIpc) is 3.01. The van der Waals surface area contributed by atoms with Crippen LogP contribution in [0.3, 0.4) is 0 Å². The van der Waals surface area contributed by atoms with Gasteiger partial charge in [0.15, 0.2) is 0 Å². The second-order valence-electron chi connectivity index (χ2n) is 5.92. The number of hydrogen-bond acceptors (Lipinski definition) is 3. The van der Waals surface area contributed by atoms with Crippen molar-refractivity contribution in [3.05, 3.63) is 102 Å². The van der Waals surface area contributed by atoms with Crippen LogP contribution >= 0.6 is 0 Å². The quantitative estimate of drug-likeness (QED) is 0.715. The van der Waals surface area contributed by atoms with Crippen LogP contribution in [0.2, 0.25) is 0 Å². The molecule has 0 aromatic heterocycles. The number of carbonyl (C=O) groups excluding carboxylic acids is 1. The Labute approximate surface area is 145 Å². The molecule has 0 amide bonds. The summed E-state index contributed by atoms with van der Waals surface area (Å²) < 4.78 is 5.68. The number of benzene rings is 3. The van der Waals surface area contributed by atoms with Crippen LogP contribution in [0.5, 0.6) is 5.75 Å². The molecule has 0 bridgehead atoms. The summed E-state index contributed by atoms with van der Waals surface area (Å²) in [6.07, 6.45) is 0. The molecule has 0 aliphatic carbocycles. The van der Waals surface area contributed by atoms with Crippen molar-refractivity contribution in [2.24, 2.45) is 0 Å². The Kier molecular flexibility index (Phi) is 3.82. The number of aromatic hydroxyl groups is 1. The molecule has 122 valence electrons. The van der Waals surface area contributed by atoms with E-state index in [2.05, 4.69) is 0 Å². The first-order chi connectivity index (χ1) is 12.2. The lowest BCUT2D eigenvalue weighted by Gasteiger charge is -2.12. The fraction of sp³-hybridized carbons (Fsp3) is 0.0455. The van der Waals surface area contributed by atoms with Crippen LogP contribution in [0.25, 0.3) is 11.3 Å². The molecule has 3 aromatic carbocycles. The lowest BCUT2D eigenvalue weighted by atomic mass is 9.86. The summed E-state index contributed by atoms with van der Waals surface area (Å²) in [5.41, 5.74) is 3.47. The number of ether oxygens (including phenoxy) is 1. The van der Waals surface area contributed by atoms with E-state index in [9.17, 15) is 9.90 Å². The van der Waals surface area contributed by atoms with E-state index in [1.165, 1.54) is 0 Å². The number of carbonyl (C=O) groups is 1. The molecule has 1 atom stereocenters. The van der Waals surface area contributed by atoms with Crippen molar-refractivity contribution in [3.63, 3.8) is 0 Å². The first-order valence-corrected chi connectivity index (χ1v) is 8.09. The van der Waals surface area contributed by atoms with Crippen molar-refractivity contribution in [2.45, 2.75) is 5.92 Å². The molecule has 0 saturated heterocycles. The van der Waals surface area contributed by atoms with E-state index in [-0.39, 0.29) is 11.7 Å². The van der Waals surface area contributed by atoms with E-state index >= 15 is 0 Å². The first-order valence-electron chi connectivity index (χ1n) is 8.09. The second kappa shape index (κ2) is 6.29.